The molecule has 4 nitrogen and oxygen atoms in total. The number of Topliss-reactive ketones (excluding diaryl/α,β-unsaturated/α-hetero) is 1. The molecule has 1 aromatic carbocycles. The lowest BCUT2D eigenvalue weighted by molar-refractivity contribution is 0.0987. The molecular formula is C13H13N3OS2. The lowest BCUT2D eigenvalue weighted by Crippen LogP contribution is -2.26. The van der Waals surface area contributed by atoms with E-state index in [1.54, 1.807) is 22.6 Å². The van der Waals surface area contributed by atoms with Crippen LogP contribution in [0.4, 0.5) is 0 Å². The first-order valence-electron chi connectivity index (χ1n) is 6.06. The number of carbonyl (C=O) groups is 1. The van der Waals surface area contributed by atoms with E-state index in [9.17, 15) is 4.79 Å². The van der Waals surface area contributed by atoms with Crippen molar-refractivity contribution in [1.82, 2.24) is 15.0 Å². The molecule has 1 aliphatic heterocycles. The van der Waals surface area contributed by atoms with Gasteiger partial charge in [-0.05, 0) is 12.1 Å². The fraction of sp³-hybridized carbons (Fsp3) is 0.308. The Morgan fingerprint density at radius 3 is 2.84 bits per heavy atom. The summed E-state index contributed by atoms with van der Waals surface area (Å²) in [6, 6.07) is 9.64. The molecule has 3 rings (SSSR count). The Morgan fingerprint density at radius 2 is 2.11 bits per heavy atom. The van der Waals surface area contributed by atoms with Crippen molar-refractivity contribution in [2.75, 3.05) is 17.3 Å². The second-order valence-electron chi connectivity index (χ2n) is 4.17. The zero-order valence-electron chi connectivity index (χ0n) is 10.2. The van der Waals surface area contributed by atoms with Crippen molar-refractivity contribution in [2.24, 2.45) is 0 Å². The molecule has 2 heterocycles. The fourth-order valence-electron chi connectivity index (χ4n) is 1.97. The molecule has 98 valence electrons. The average molecular weight is 291 g/mol. The molecule has 1 saturated heterocycles. The number of thioether (sulfide) groups is 2. The molecule has 0 amide bonds. The predicted molar refractivity (Wildman–Crippen MR) is 79.3 cm³/mol. The second-order valence-corrected chi connectivity index (χ2v) is 6.63. The number of nitrogens with zero attached hydrogens (tertiary/aromatic N) is 3. The number of carbonyl (C=O) groups excluding carboxylic acids is 1. The van der Waals surface area contributed by atoms with Crippen LogP contribution in [0.5, 0.6) is 0 Å². The summed E-state index contributed by atoms with van der Waals surface area (Å²) in [6.07, 6.45) is 1.56. The molecule has 2 aromatic rings. The summed E-state index contributed by atoms with van der Waals surface area (Å²) in [7, 11) is 0. The number of rotatable bonds is 3. The highest BCUT2D eigenvalue weighted by molar-refractivity contribution is 8.07. The smallest absolute Gasteiger partial charge is 0.196 e. The molecular weight excluding hydrogens is 278 g/mol. The van der Waals surface area contributed by atoms with Gasteiger partial charge >= 0.3 is 0 Å². The van der Waals surface area contributed by atoms with Crippen LogP contribution >= 0.6 is 23.5 Å². The van der Waals surface area contributed by atoms with Gasteiger partial charge in [-0.3, -0.25) is 4.79 Å². The van der Waals surface area contributed by atoms with Gasteiger partial charge in [0.1, 0.15) is 5.69 Å². The van der Waals surface area contributed by atoms with Crippen LogP contribution in [0, 0.1) is 0 Å². The fourth-order valence-corrected chi connectivity index (χ4v) is 4.59. The van der Waals surface area contributed by atoms with Crippen LogP contribution in [-0.4, -0.2) is 43.3 Å². The maximum atomic E-state index is 12.5. The van der Waals surface area contributed by atoms with Crippen molar-refractivity contribution in [3.63, 3.8) is 0 Å². The molecule has 0 aliphatic carbocycles. The van der Waals surface area contributed by atoms with E-state index >= 15 is 0 Å². The summed E-state index contributed by atoms with van der Waals surface area (Å²) >= 11 is 3.57. The third-order valence-corrected chi connectivity index (χ3v) is 5.67. The highest BCUT2D eigenvalue weighted by Crippen LogP contribution is 2.27. The van der Waals surface area contributed by atoms with Crippen molar-refractivity contribution < 1.29 is 4.79 Å². The molecule has 0 N–H and O–H groups in total. The van der Waals surface area contributed by atoms with Gasteiger partial charge in [-0.25, -0.2) is 4.68 Å². The van der Waals surface area contributed by atoms with E-state index in [1.165, 1.54) is 0 Å². The summed E-state index contributed by atoms with van der Waals surface area (Å²) < 4.78 is 1.63. The minimum atomic E-state index is 0.0275. The molecule has 1 aromatic heterocycles. The number of hydrogen-bond donors (Lipinski definition) is 0. The van der Waals surface area contributed by atoms with Gasteiger partial charge in [-0.2, -0.15) is 11.8 Å². The second kappa shape index (κ2) is 5.79. The van der Waals surface area contributed by atoms with Crippen molar-refractivity contribution in [1.29, 1.82) is 0 Å². The van der Waals surface area contributed by atoms with Gasteiger partial charge < -0.3 is 0 Å². The Hall–Kier alpha value is -1.27. The van der Waals surface area contributed by atoms with E-state index in [4.69, 9.17) is 0 Å². The van der Waals surface area contributed by atoms with Crippen LogP contribution in [-0.2, 0) is 0 Å². The van der Waals surface area contributed by atoms with E-state index < -0.39 is 0 Å². The molecule has 0 saturated carbocycles. The Labute approximate surface area is 120 Å². The quantitative estimate of drug-likeness (QED) is 0.812. The Bertz CT molecular complexity index is 564. The van der Waals surface area contributed by atoms with Crippen molar-refractivity contribution >= 4 is 29.3 Å². The molecule has 1 unspecified atom stereocenters. The lowest BCUT2D eigenvalue weighted by Gasteiger charge is -2.19. The molecule has 1 fully saturated rings. The molecule has 6 heteroatoms. The number of aromatic nitrogens is 3. The normalized spacial score (nSPS) is 19.3. The Balaban J connectivity index is 1.89. The average Bonchev–Trinajstić information content (AvgIpc) is 2.98. The Kier molecular flexibility index (Phi) is 3.89. The van der Waals surface area contributed by atoms with Gasteiger partial charge in [0.2, 0.25) is 0 Å². The van der Waals surface area contributed by atoms with E-state index in [0.717, 1.165) is 22.9 Å². The highest BCUT2D eigenvalue weighted by atomic mass is 32.2. The summed E-state index contributed by atoms with van der Waals surface area (Å²) in [5.74, 6) is 3.17. The monoisotopic (exact) mass is 291 g/mol. The van der Waals surface area contributed by atoms with Gasteiger partial charge in [0.25, 0.3) is 0 Å². The summed E-state index contributed by atoms with van der Waals surface area (Å²) in [6.45, 7) is 0. The zero-order chi connectivity index (χ0) is 13.1. The van der Waals surface area contributed by atoms with Gasteiger partial charge in [-0.1, -0.05) is 23.4 Å². The van der Waals surface area contributed by atoms with Crippen molar-refractivity contribution in [3.8, 4) is 5.69 Å². The molecule has 0 bridgehead atoms. The van der Waals surface area contributed by atoms with Gasteiger partial charge in [0.05, 0.1) is 17.1 Å². The van der Waals surface area contributed by atoms with Crippen LogP contribution in [0.25, 0.3) is 5.69 Å². The van der Waals surface area contributed by atoms with Crippen LogP contribution in [0.2, 0.25) is 0 Å². The van der Waals surface area contributed by atoms with Gasteiger partial charge in [-0.15, -0.1) is 16.9 Å². The van der Waals surface area contributed by atoms with E-state index in [0.29, 0.717) is 5.69 Å². The number of para-hydroxylation sites is 1. The first-order valence-corrected chi connectivity index (χ1v) is 8.26. The summed E-state index contributed by atoms with van der Waals surface area (Å²) in [5, 5.41) is 7.95. The summed E-state index contributed by atoms with van der Waals surface area (Å²) in [4.78, 5) is 12.5. The molecule has 19 heavy (non-hydrogen) atoms. The molecule has 1 atom stereocenters. The highest BCUT2D eigenvalue weighted by Gasteiger charge is 2.26. The number of benzene rings is 1. The lowest BCUT2D eigenvalue weighted by atomic mass is 10.2. The first kappa shape index (κ1) is 12.7. The van der Waals surface area contributed by atoms with Crippen LogP contribution in [0.3, 0.4) is 0 Å². The number of ketones is 1. The SMILES string of the molecule is O=C(c1cnnn1-c1ccccc1)C1CSCCS1. The molecule has 0 radical (unpaired) electrons. The molecule has 0 spiro atoms. The molecule has 1 aliphatic rings. The number of hydrogen-bond acceptors (Lipinski definition) is 5. The van der Waals surface area contributed by atoms with Crippen LogP contribution < -0.4 is 0 Å². The Morgan fingerprint density at radius 1 is 1.26 bits per heavy atom. The maximum absolute atomic E-state index is 12.5. The topological polar surface area (TPSA) is 47.8 Å². The minimum Gasteiger partial charge on any atom is -0.291 e. The maximum Gasteiger partial charge on any atom is 0.196 e. The van der Waals surface area contributed by atoms with Crippen LogP contribution in [0.1, 0.15) is 10.5 Å². The first-order chi connectivity index (χ1) is 9.36. The van der Waals surface area contributed by atoms with E-state index in [-0.39, 0.29) is 11.0 Å². The zero-order valence-corrected chi connectivity index (χ0v) is 11.9. The minimum absolute atomic E-state index is 0.0275. The third kappa shape index (κ3) is 2.69. The van der Waals surface area contributed by atoms with Crippen LogP contribution in [0.15, 0.2) is 36.5 Å². The predicted octanol–water partition coefficient (Wildman–Crippen LogP) is 2.30. The van der Waals surface area contributed by atoms with E-state index in [1.807, 2.05) is 42.1 Å². The largest absolute Gasteiger partial charge is 0.291 e. The third-order valence-electron chi connectivity index (χ3n) is 2.91. The van der Waals surface area contributed by atoms with Gasteiger partial charge in [0, 0.05) is 17.3 Å². The van der Waals surface area contributed by atoms with Crippen molar-refractivity contribution in [3.05, 3.63) is 42.2 Å². The van der Waals surface area contributed by atoms with Crippen molar-refractivity contribution in [2.45, 2.75) is 5.25 Å². The summed E-state index contributed by atoms with van der Waals surface area (Å²) in [5.41, 5.74) is 1.45. The standard InChI is InChI=1S/C13H13N3OS2/c17-13(12-9-18-6-7-19-12)11-8-14-15-16(11)10-4-2-1-3-5-10/h1-5,8,12H,6-7,9H2. The van der Waals surface area contributed by atoms with Gasteiger partial charge in [0.15, 0.2) is 5.78 Å². The van der Waals surface area contributed by atoms with E-state index in [2.05, 4.69) is 10.3 Å².